The van der Waals surface area contributed by atoms with Crippen molar-refractivity contribution in [2.24, 2.45) is 0 Å². The number of rotatable bonds is 9. The third kappa shape index (κ3) is 5.69. The number of carbonyl (C=O) groups is 1. The fraction of sp³-hybridized carbons (Fsp3) is 0.360. The highest BCUT2D eigenvalue weighted by molar-refractivity contribution is 7.89. The lowest BCUT2D eigenvalue weighted by atomic mass is 9.95. The maximum absolute atomic E-state index is 13.0. The monoisotopic (exact) mass is 468 g/mol. The largest absolute Gasteiger partial charge is 0.352 e. The Balaban J connectivity index is 1.59. The van der Waals surface area contributed by atoms with Gasteiger partial charge in [0.15, 0.2) is 0 Å². The highest BCUT2D eigenvalue weighted by Crippen LogP contribution is 2.29. The minimum absolute atomic E-state index is 0.0357. The van der Waals surface area contributed by atoms with Gasteiger partial charge < -0.3 is 5.32 Å². The summed E-state index contributed by atoms with van der Waals surface area (Å²) < 4.78 is 30.4. The SMILES string of the molecule is Cc1c(C)c(C)c(S(=O)(=O)NCCC(=O)NCc2ccccc2Cn2cccn2)c(C)c1C. The Morgan fingerprint density at radius 3 is 2.12 bits per heavy atom. The van der Waals surface area contributed by atoms with E-state index in [0.29, 0.717) is 18.0 Å². The molecule has 0 aliphatic rings. The van der Waals surface area contributed by atoms with Crippen LogP contribution in [-0.2, 0) is 27.9 Å². The second-order valence-corrected chi connectivity index (χ2v) is 10.1. The van der Waals surface area contributed by atoms with Gasteiger partial charge in [0, 0.05) is 31.9 Å². The van der Waals surface area contributed by atoms with Crippen LogP contribution in [0.15, 0.2) is 47.6 Å². The predicted molar refractivity (Wildman–Crippen MR) is 130 cm³/mol. The normalized spacial score (nSPS) is 11.5. The maximum Gasteiger partial charge on any atom is 0.241 e. The lowest BCUT2D eigenvalue weighted by molar-refractivity contribution is -0.121. The van der Waals surface area contributed by atoms with E-state index in [0.717, 1.165) is 38.9 Å². The van der Waals surface area contributed by atoms with Crippen molar-refractivity contribution < 1.29 is 13.2 Å². The Labute approximate surface area is 196 Å². The number of hydrogen-bond donors (Lipinski definition) is 2. The van der Waals surface area contributed by atoms with Crippen LogP contribution in [-0.4, -0.2) is 30.7 Å². The average Bonchev–Trinajstić information content (AvgIpc) is 3.28. The summed E-state index contributed by atoms with van der Waals surface area (Å²) in [6.45, 7) is 10.6. The molecule has 0 aliphatic heterocycles. The van der Waals surface area contributed by atoms with Crippen LogP contribution in [0.1, 0.15) is 45.4 Å². The van der Waals surface area contributed by atoms with Gasteiger partial charge in [-0.15, -0.1) is 0 Å². The van der Waals surface area contributed by atoms with E-state index in [4.69, 9.17) is 0 Å². The Kier molecular flexibility index (Phi) is 7.71. The Morgan fingerprint density at radius 2 is 1.52 bits per heavy atom. The summed E-state index contributed by atoms with van der Waals surface area (Å²) in [5.74, 6) is -0.212. The molecule has 3 aromatic rings. The lowest BCUT2D eigenvalue weighted by Crippen LogP contribution is -2.31. The number of carbonyl (C=O) groups excluding carboxylic acids is 1. The van der Waals surface area contributed by atoms with E-state index in [2.05, 4.69) is 15.1 Å². The molecule has 3 rings (SSSR count). The highest BCUT2D eigenvalue weighted by atomic mass is 32.2. The van der Waals surface area contributed by atoms with Gasteiger partial charge in [0.25, 0.3) is 0 Å². The van der Waals surface area contributed by atoms with Gasteiger partial charge in [0.1, 0.15) is 0 Å². The molecule has 0 atom stereocenters. The van der Waals surface area contributed by atoms with Crippen LogP contribution in [0.4, 0.5) is 0 Å². The number of hydrogen-bond acceptors (Lipinski definition) is 4. The molecule has 0 fully saturated rings. The number of nitrogens with zero attached hydrogens (tertiary/aromatic N) is 2. The zero-order chi connectivity index (χ0) is 24.2. The Bertz CT molecular complexity index is 1220. The molecule has 2 aromatic carbocycles. The van der Waals surface area contributed by atoms with Crippen LogP contribution in [0.2, 0.25) is 0 Å². The molecule has 1 heterocycles. The van der Waals surface area contributed by atoms with Gasteiger partial charge in [-0.1, -0.05) is 24.3 Å². The summed E-state index contributed by atoms with van der Waals surface area (Å²) in [4.78, 5) is 12.7. The first kappa shape index (κ1) is 24.7. The summed E-state index contributed by atoms with van der Waals surface area (Å²) in [7, 11) is -3.72. The fourth-order valence-corrected chi connectivity index (χ4v) is 5.60. The van der Waals surface area contributed by atoms with Crippen molar-refractivity contribution in [3.63, 3.8) is 0 Å². The molecule has 0 saturated heterocycles. The van der Waals surface area contributed by atoms with Crippen molar-refractivity contribution in [2.45, 2.75) is 59.0 Å². The molecular formula is C25H32N4O3S. The summed E-state index contributed by atoms with van der Waals surface area (Å²) in [6.07, 6.45) is 3.68. The van der Waals surface area contributed by atoms with Gasteiger partial charge in [0.2, 0.25) is 15.9 Å². The lowest BCUT2D eigenvalue weighted by Gasteiger charge is -2.19. The molecule has 176 valence electrons. The van der Waals surface area contributed by atoms with Crippen molar-refractivity contribution >= 4 is 15.9 Å². The van der Waals surface area contributed by atoms with Gasteiger partial charge in [0.05, 0.1) is 11.4 Å². The summed E-state index contributed by atoms with van der Waals surface area (Å²) in [5, 5.41) is 7.12. The van der Waals surface area contributed by atoms with E-state index >= 15 is 0 Å². The quantitative estimate of drug-likeness (QED) is 0.503. The summed E-state index contributed by atoms with van der Waals surface area (Å²) in [6, 6.07) is 9.73. The van der Waals surface area contributed by atoms with E-state index in [9.17, 15) is 13.2 Å². The highest BCUT2D eigenvalue weighted by Gasteiger charge is 2.23. The zero-order valence-electron chi connectivity index (χ0n) is 19.9. The van der Waals surface area contributed by atoms with Crippen molar-refractivity contribution in [1.29, 1.82) is 0 Å². The second-order valence-electron chi connectivity index (χ2n) is 8.35. The molecular weight excluding hydrogens is 436 g/mol. The molecule has 0 spiro atoms. The van der Waals surface area contributed by atoms with Gasteiger partial charge in [-0.05, 0) is 79.6 Å². The van der Waals surface area contributed by atoms with E-state index in [-0.39, 0.29) is 18.9 Å². The third-order valence-electron chi connectivity index (χ3n) is 6.33. The molecule has 0 bridgehead atoms. The second kappa shape index (κ2) is 10.3. The summed E-state index contributed by atoms with van der Waals surface area (Å²) >= 11 is 0. The van der Waals surface area contributed by atoms with Gasteiger partial charge in [-0.2, -0.15) is 5.10 Å². The first-order chi connectivity index (χ1) is 15.6. The van der Waals surface area contributed by atoms with Crippen LogP contribution in [0.25, 0.3) is 0 Å². The zero-order valence-corrected chi connectivity index (χ0v) is 20.7. The fourth-order valence-electron chi connectivity index (χ4n) is 3.97. The smallest absolute Gasteiger partial charge is 0.241 e. The van der Waals surface area contributed by atoms with Crippen molar-refractivity contribution in [3.05, 3.63) is 81.7 Å². The third-order valence-corrected chi connectivity index (χ3v) is 8.06. The predicted octanol–water partition coefficient (Wildman–Crippen LogP) is 3.46. The van der Waals surface area contributed by atoms with E-state index < -0.39 is 10.0 Å². The Morgan fingerprint density at radius 1 is 0.909 bits per heavy atom. The molecule has 7 nitrogen and oxygen atoms in total. The summed E-state index contributed by atoms with van der Waals surface area (Å²) in [5.41, 5.74) is 6.63. The molecule has 0 unspecified atom stereocenters. The van der Waals surface area contributed by atoms with Gasteiger partial charge >= 0.3 is 0 Å². The van der Waals surface area contributed by atoms with Gasteiger partial charge in [-0.3, -0.25) is 9.48 Å². The van der Waals surface area contributed by atoms with E-state index in [1.807, 2.05) is 75.8 Å². The van der Waals surface area contributed by atoms with Gasteiger partial charge in [-0.25, -0.2) is 13.1 Å². The first-order valence-electron chi connectivity index (χ1n) is 11.0. The van der Waals surface area contributed by atoms with Crippen LogP contribution in [0.5, 0.6) is 0 Å². The molecule has 8 heteroatoms. The average molecular weight is 469 g/mol. The Hall–Kier alpha value is -2.97. The number of amides is 1. The van der Waals surface area contributed by atoms with Crippen molar-refractivity contribution in [2.75, 3.05) is 6.54 Å². The minimum atomic E-state index is -3.72. The van der Waals surface area contributed by atoms with Crippen LogP contribution in [0.3, 0.4) is 0 Å². The van der Waals surface area contributed by atoms with Crippen molar-refractivity contribution in [3.8, 4) is 0 Å². The molecule has 1 amide bonds. The number of nitrogens with one attached hydrogen (secondary N) is 2. The van der Waals surface area contributed by atoms with Crippen LogP contribution < -0.4 is 10.0 Å². The molecule has 0 saturated carbocycles. The first-order valence-corrected chi connectivity index (χ1v) is 12.5. The standard InChI is InChI=1S/C25H32N4O3S/c1-17-18(2)20(4)25(21(5)19(17)3)33(31,32)28-13-11-24(30)26-15-22-9-6-7-10-23(22)16-29-14-8-12-27-29/h6-10,12,14,28H,11,13,15-16H2,1-5H3,(H,26,30). The number of aromatic nitrogens is 2. The molecule has 1 aromatic heterocycles. The van der Waals surface area contributed by atoms with Crippen molar-refractivity contribution in [1.82, 2.24) is 19.8 Å². The van der Waals surface area contributed by atoms with Crippen LogP contribution in [0, 0.1) is 34.6 Å². The molecule has 2 N–H and O–H groups in total. The molecule has 33 heavy (non-hydrogen) atoms. The van der Waals surface area contributed by atoms with E-state index in [1.54, 1.807) is 6.20 Å². The minimum Gasteiger partial charge on any atom is -0.352 e. The topological polar surface area (TPSA) is 93.1 Å². The van der Waals surface area contributed by atoms with Crippen LogP contribution >= 0.6 is 0 Å². The molecule has 0 radical (unpaired) electrons. The number of benzene rings is 2. The maximum atomic E-state index is 13.0. The number of sulfonamides is 1. The van der Waals surface area contributed by atoms with E-state index in [1.165, 1.54) is 0 Å². The molecule has 0 aliphatic carbocycles.